The molecule has 6 nitrogen and oxygen atoms in total. The summed E-state index contributed by atoms with van der Waals surface area (Å²) < 4.78 is 19.0. The Labute approximate surface area is 162 Å². The number of carbonyl (C=O) groups excluding carboxylic acids is 2. The van der Waals surface area contributed by atoms with Crippen LogP contribution in [0.15, 0.2) is 42.5 Å². The number of hydrogen-bond acceptors (Lipinski definition) is 3. The number of benzene rings is 2. The standard InChI is InChI=1S/C21H22FN3O3/c1-3-23-21(27)12-28-16-6-4-5-15(10-16)25-20(26)11-17-13(2)24-19-8-7-14(22)9-18(17)19/h4-10,24H,3,11-12H2,1-2H3,(H,23,27)(H,25,26). The van der Waals surface area contributed by atoms with E-state index in [1.165, 1.54) is 12.1 Å². The number of amides is 2. The summed E-state index contributed by atoms with van der Waals surface area (Å²) in [6.07, 6.45) is 0.110. The highest BCUT2D eigenvalue weighted by Crippen LogP contribution is 2.24. The molecule has 3 aromatic rings. The molecule has 0 atom stereocenters. The van der Waals surface area contributed by atoms with Crippen molar-refractivity contribution in [3.8, 4) is 5.75 Å². The van der Waals surface area contributed by atoms with E-state index in [0.717, 1.165) is 16.8 Å². The summed E-state index contributed by atoms with van der Waals surface area (Å²) in [5, 5.41) is 6.16. The van der Waals surface area contributed by atoms with E-state index in [4.69, 9.17) is 4.74 Å². The lowest BCUT2D eigenvalue weighted by molar-refractivity contribution is -0.123. The van der Waals surface area contributed by atoms with Crippen molar-refractivity contribution in [1.82, 2.24) is 10.3 Å². The van der Waals surface area contributed by atoms with Gasteiger partial charge in [0.1, 0.15) is 11.6 Å². The average molecular weight is 383 g/mol. The second-order valence-corrected chi connectivity index (χ2v) is 6.41. The highest BCUT2D eigenvalue weighted by Gasteiger charge is 2.14. The summed E-state index contributed by atoms with van der Waals surface area (Å²) in [6, 6.07) is 11.3. The molecule has 3 rings (SSSR count). The van der Waals surface area contributed by atoms with Gasteiger partial charge >= 0.3 is 0 Å². The Hall–Kier alpha value is -3.35. The van der Waals surface area contributed by atoms with Crippen molar-refractivity contribution < 1.29 is 18.7 Å². The van der Waals surface area contributed by atoms with Crippen molar-refractivity contribution in [2.75, 3.05) is 18.5 Å². The predicted molar refractivity (Wildman–Crippen MR) is 106 cm³/mol. The molecule has 2 aromatic carbocycles. The molecule has 7 heteroatoms. The van der Waals surface area contributed by atoms with Gasteiger partial charge in [0.2, 0.25) is 5.91 Å². The van der Waals surface area contributed by atoms with Gasteiger partial charge in [0.15, 0.2) is 6.61 Å². The average Bonchev–Trinajstić information content (AvgIpc) is 2.95. The van der Waals surface area contributed by atoms with E-state index in [0.29, 0.717) is 23.4 Å². The van der Waals surface area contributed by atoms with Crippen molar-refractivity contribution in [3.63, 3.8) is 0 Å². The van der Waals surface area contributed by atoms with Crippen molar-refractivity contribution in [1.29, 1.82) is 0 Å². The number of hydrogen-bond donors (Lipinski definition) is 3. The molecule has 0 bridgehead atoms. The maximum absolute atomic E-state index is 13.6. The topological polar surface area (TPSA) is 83.2 Å². The van der Waals surface area contributed by atoms with Gasteiger partial charge in [-0.25, -0.2) is 4.39 Å². The highest BCUT2D eigenvalue weighted by atomic mass is 19.1. The first-order chi connectivity index (χ1) is 13.5. The Balaban J connectivity index is 1.67. The summed E-state index contributed by atoms with van der Waals surface area (Å²) in [7, 11) is 0. The Morgan fingerprint density at radius 2 is 1.96 bits per heavy atom. The molecule has 0 aliphatic heterocycles. The van der Waals surface area contributed by atoms with Crippen LogP contribution in [0.3, 0.4) is 0 Å². The number of carbonyl (C=O) groups is 2. The SMILES string of the molecule is CCNC(=O)COc1cccc(NC(=O)Cc2c(C)[nH]c3ccc(F)cc23)c1. The third-order valence-electron chi connectivity index (χ3n) is 4.28. The summed E-state index contributed by atoms with van der Waals surface area (Å²) >= 11 is 0. The first kappa shape index (κ1) is 19.4. The van der Waals surface area contributed by atoms with Gasteiger partial charge in [-0.3, -0.25) is 9.59 Å². The maximum atomic E-state index is 13.6. The van der Waals surface area contributed by atoms with Gasteiger partial charge in [-0.05, 0) is 49.7 Å². The molecule has 146 valence electrons. The number of rotatable bonds is 7. The van der Waals surface area contributed by atoms with E-state index >= 15 is 0 Å². The zero-order valence-electron chi connectivity index (χ0n) is 15.8. The van der Waals surface area contributed by atoms with Gasteiger partial charge in [0.25, 0.3) is 5.91 Å². The number of halogens is 1. The fourth-order valence-electron chi connectivity index (χ4n) is 3.01. The number of nitrogens with one attached hydrogen (secondary N) is 3. The minimum Gasteiger partial charge on any atom is -0.484 e. The number of aromatic nitrogens is 1. The summed E-state index contributed by atoms with van der Waals surface area (Å²) in [6.45, 7) is 4.13. The number of aryl methyl sites for hydroxylation is 1. The molecule has 3 N–H and O–H groups in total. The monoisotopic (exact) mass is 383 g/mol. The number of H-pyrrole nitrogens is 1. The maximum Gasteiger partial charge on any atom is 0.257 e. The lowest BCUT2D eigenvalue weighted by Gasteiger charge is -2.09. The Kier molecular flexibility index (Phi) is 5.93. The predicted octanol–water partition coefficient (Wildman–Crippen LogP) is 3.31. The van der Waals surface area contributed by atoms with Crippen LogP contribution >= 0.6 is 0 Å². The van der Waals surface area contributed by atoms with Crippen molar-refractivity contribution in [2.45, 2.75) is 20.3 Å². The van der Waals surface area contributed by atoms with Crippen LogP contribution in [0.2, 0.25) is 0 Å². The number of likely N-dealkylation sites (N-methyl/N-ethyl adjacent to an activating group) is 1. The molecule has 1 heterocycles. The minimum absolute atomic E-state index is 0.0919. The zero-order chi connectivity index (χ0) is 20.1. The first-order valence-corrected chi connectivity index (χ1v) is 9.02. The molecule has 0 spiro atoms. The van der Waals surface area contributed by atoms with Crippen LogP contribution in [0.5, 0.6) is 5.75 Å². The van der Waals surface area contributed by atoms with Crippen molar-refractivity contribution >= 4 is 28.4 Å². The minimum atomic E-state index is -0.342. The Morgan fingerprint density at radius 1 is 1.14 bits per heavy atom. The lowest BCUT2D eigenvalue weighted by atomic mass is 10.1. The second kappa shape index (κ2) is 8.56. The number of fused-ring (bicyclic) bond motifs is 1. The molecule has 0 saturated carbocycles. The van der Waals surface area contributed by atoms with Crippen LogP contribution in [0, 0.1) is 12.7 Å². The summed E-state index contributed by atoms with van der Waals surface area (Å²) in [5.41, 5.74) is 2.94. The number of ether oxygens (including phenoxy) is 1. The molecular formula is C21H22FN3O3. The van der Waals surface area contributed by atoms with E-state index in [-0.39, 0.29) is 30.7 Å². The van der Waals surface area contributed by atoms with Crippen LogP contribution in [-0.4, -0.2) is 29.9 Å². The second-order valence-electron chi connectivity index (χ2n) is 6.41. The van der Waals surface area contributed by atoms with E-state index in [2.05, 4.69) is 15.6 Å². The molecule has 0 unspecified atom stereocenters. The molecule has 2 amide bonds. The first-order valence-electron chi connectivity index (χ1n) is 9.02. The van der Waals surface area contributed by atoms with E-state index in [1.807, 2.05) is 13.8 Å². The zero-order valence-corrected chi connectivity index (χ0v) is 15.8. The van der Waals surface area contributed by atoms with Gasteiger partial charge in [-0.15, -0.1) is 0 Å². The third-order valence-corrected chi connectivity index (χ3v) is 4.28. The smallest absolute Gasteiger partial charge is 0.257 e. The summed E-state index contributed by atoms with van der Waals surface area (Å²) in [4.78, 5) is 27.1. The molecule has 0 radical (unpaired) electrons. The Morgan fingerprint density at radius 3 is 2.75 bits per heavy atom. The van der Waals surface area contributed by atoms with Crippen LogP contribution in [-0.2, 0) is 16.0 Å². The Bertz CT molecular complexity index is 1010. The highest BCUT2D eigenvalue weighted by molar-refractivity contribution is 5.96. The number of aromatic amines is 1. The van der Waals surface area contributed by atoms with Crippen molar-refractivity contribution in [3.05, 3.63) is 59.5 Å². The van der Waals surface area contributed by atoms with Crippen LogP contribution in [0.4, 0.5) is 10.1 Å². The third kappa shape index (κ3) is 4.68. The molecule has 0 fully saturated rings. The molecule has 0 saturated heterocycles. The van der Waals surface area contributed by atoms with Crippen molar-refractivity contribution in [2.24, 2.45) is 0 Å². The molecule has 28 heavy (non-hydrogen) atoms. The molecule has 0 aliphatic rings. The van der Waals surface area contributed by atoms with Gasteiger partial charge in [0, 0.05) is 34.9 Å². The van der Waals surface area contributed by atoms with E-state index in [9.17, 15) is 14.0 Å². The van der Waals surface area contributed by atoms with Gasteiger partial charge in [-0.1, -0.05) is 6.07 Å². The largest absolute Gasteiger partial charge is 0.484 e. The fraction of sp³-hybridized carbons (Fsp3) is 0.238. The molecular weight excluding hydrogens is 361 g/mol. The van der Waals surface area contributed by atoms with E-state index < -0.39 is 0 Å². The molecule has 1 aromatic heterocycles. The van der Waals surface area contributed by atoms with Crippen LogP contribution in [0.1, 0.15) is 18.2 Å². The molecule has 0 aliphatic carbocycles. The van der Waals surface area contributed by atoms with E-state index in [1.54, 1.807) is 30.3 Å². The normalized spacial score (nSPS) is 10.7. The van der Waals surface area contributed by atoms with Crippen LogP contribution in [0.25, 0.3) is 10.9 Å². The lowest BCUT2D eigenvalue weighted by Crippen LogP contribution is -2.28. The summed E-state index contributed by atoms with van der Waals surface area (Å²) in [5.74, 6) is -0.298. The fourth-order valence-corrected chi connectivity index (χ4v) is 3.01. The van der Waals surface area contributed by atoms with Crippen LogP contribution < -0.4 is 15.4 Å². The van der Waals surface area contributed by atoms with Gasteiger partial charge < -0.3 is 20.4 Å². The van der Waals surface area contributed by atoms with Gasteiger partial charge in [0.05, 0.1) is 6.42 Å². The van der Waals surface area contributed by atoms with Gasteiger partial charge in [-0.2, -0.15) is 0 Å². The quantitative estimate of drug-likeness (QED) is 0.585. The number of anilines is 1.